The second-order valence-corrected chi connectivity index (χ2v) is 6.50. The van der Waals surface area contributed by atoms with Gasteiger partial charge in [-0.3, -0.25) is 4.90 Å². The number of hydrogen-bond acceptors (Lipinski definition) is 5. The van der Waals surface area contributed by atoms with E-state index in [0.717, 1.165) is 41.4 Å². The first kappa shape index (κ1) is 16.2. The van der Waals surface area contributed by atoms with Crippen LogP contribution >= 0.6 is 11.3 Å². The molecule has 0 aliphatic rings. The lowest BCUT2D eigenvalue weighted by molar-refractivity contribution is 0.231. The fraction of sp³-hybridized carbons (Fsp3) is 0.625. The van der Waals surface area contributed by atoms with Gasteiger partial charge >= 0.3 is 0 Å². The summed E-state index contributed by atoms with van der Waals surface area (Å²) in [6.45, 7) is 8.41. The van der Waals surface area contributed by atoms with Gasteiger partial charge in [0, 0.05) is 12.6 Å². The SMILES string of the molecule is CCCNc1nc(CN(C)C(C)CCC)nc2sccc12. The summed E-state index contributed by atoms with van der Waals surface area (Å²) in [5.74, 6) is 1.89. The van der Waals surface area contributed by atoms with Crippen molar-refractivity contribution < 1.29 is 0 Å². The highest BCUT2D eigenvalue weighted by atomic mass is 32.1. The molecule has 0 fully saturated rings. The van der Waals surface area contributed by atoms with Gasteiger partial charge in [0.15, 0.2) is 0 Å². The van der Waals surface area contributed by atoms with Crippen LogP contribution in [-0.2, 0) is 6.54 Å². The number of nitrogens with zero attached hydrogens (tertiary/aromatic N) is 3. The maximum atomic E-state index is 4.74. The Balaban J connectivity index is 2.19. The maximum absolute atomic E-state index is 4.74. The summed E-state index contributed by atoms with van der Waals surface area (Å²) in [7, 11) is 2.15. The van der Waals surface area contributed by atoms with Crippen LogP contribution in [0.3, 0.4) is 0 Å². The van der Waals surface area contributed by atoms with Crippen molar-refractivity contribution in [3.8, 4) is 0 Å². The maximum Gasteiger partial charge on any atom is 0.146 e. The minimum atomic E-state index is 0.560. The zero-order chi connectivity index (χ0) is 15.2. The van der Waals surface area contributed by atoms with Crippen LogP contribution in [0.5, 0.6) is 0 Å². The van der Waals surface area contributed by atoms with Crippen LogP contribution < -0.4 is 5.32 Å². The van der Waals surface area contributed by atoms with Crippen LogP contribution in [-0.4, -0.2) is 34.5 Å². The van der Waals surface area contributed by atoms with Gasteiger partial charge in [0.25, 0.3) is 0 Å². The molecule has 0 amide bonds. The highest BCUT2D eigenvalue weighted by Gasteiger charge is 2.13. The fourth-order valence-corrected chi connectivity index (χ4v) is 3.15. The van der Waals surface area contributed by atoms with E-state index in [0.29, 0.717) is 6.04 Å². The van der Waals surface area contributed by atoms with Crippen LogP contribution in [0, 0.1) is 0 Å². The predicted octanol–water partition coefficient (Wildman–Crippen LogP) is 4.13. The molecule has 2 aromatic rings. The number of nitrogens with one attached hydrogen (secondary N) is 1. The molecule has 0 aromatic carbocycles. The van der Waals surface area contributed by atoms with E-state index < -0.39 is 0 Å². The number of fused-ring (bicyclic) bond motifs is 1. The molecule has 0 saturated carbocycles. The molecule has 116 valence electrons. The summed E-state index contributed by atoms with van der Waals surface area (Å²) in [5.41, 5.74) is 0. The number of anilines is 1. The van der Waals surface area contributed by atoms with E-state index in [2.05, 4.69) is 49.5 Å². The largest absolute Gasteiger partial charge is 0.369 e. The quantitative estimate of drug-likeness (QED) is 0.796. The van der Waals surface area contributed by atoms with E-state index in [-0.39, 0.29) is 0 Å². The lowest BCUT2D eigenvalue weighted by atomic mass is 10.2. The minimum absolute atomic E-state index is 0.560. The van der Waals surface area contributed by atoms with Crippen molar-refractivity contribution in [1.82, 2.24) is 14.9 Å². The Morgan fingerprint density at radius 1 is 1.29 bits per heavy atom. The second-order valence-electron chi connectivity index (χ2n) is 5.61. The van der Waals surface area contributed by atoms with Crippen LogP contribution in [0.25, 0.3) is 10.2 Å². The predicted molar refractivity (Wildman–Crippen MR) is 92.0 cm³/mol. The average molecular weight is 306 g/mol. The highest BCUT2D eigenvalue weighted by Crippen LogP contribution is 2.25. The van der Waals surface area contributed by atoms with Crippen LogP contribution in [0.15, 0.2) is 11.4 Å². The molecular weight excluding hydrogens is 280 g/mol. The van der Waals surface area contributed by atoms with Gasteiger partial charge < -0.3 is 5.32 Å². The van der Waals surface area contributed by atoms with Gasteiger partial charge in [0.05, 0.1) is 11.9 Å². The van der Waals surface area contributed by atoms with Crippen LogP contribution in [0.4, 0.5) is 5.82 Å². The van der Waals surface area contributed by atoms with Gasteiger partial charge in [0.2, 0.25) is 0 Å². The number of hydrogen-bond donors (Lipinski definition) is 1. The van der Waals surface area contributed by atoms with Gasteiger partial charge in [-0.15, -0.1) is 11.3 Å². The molecule has 2 heterocycles. The van der Waals surface area contributed by atoms with Gasteiger partial charge in [-0.25, -0.2) is 9.97 Å². The number of aromatic nitrogens is 2. The summed E-state index contributed by atoms with van der Waals surface area (Å²) in [4.78, 5) is 12.9. The Hall–Kier alpha value is -1.20. The monoisotopic (exact) mass is 306 g/mol. The molecule has 4 nitrogen and oxygen atoms in total. The molecule has 21 heavy (non-hydrogen) atoms. The molecule has 1 unspecified atom stereocenters. The van der Waals surface area contributed by atoms with Crippen molar-refractivity contribution in [1.29, 1.82) is 0 Å². The van der Waals surface area contributed by atoms with Gasteiger partial charge in [-0.05, 0) is 38.3 Å². The van der Waals surface area contributed by atoms with Crippen LogP contribution in [0.1, 0.15) is 45.9 Å². The zero-order valence-corrected chi connectivity index (χ0v) is 14.3. The Bertz CT molecular complexity index is 566. The van der Waals surface area contributed by atoms with E-state index in [4.69, 9.17) is 9.97 Å². The van der Waals surface area contributed by atoms with Crippen LogP contribution in [0.2, 0.25) is 0 Å². The van der Waals surface area contributed by atoms with E-state index in [1.165, 1.54) is 12.8 Å². The lowest BCUT2D eigenvalue weighted by Gasteiger charge is -2.23. The Morgan fingerprint density at radius 3 is 2.81 bits per heavy atom. The molecule has 0 saturated heterocycles. The topological polar surface area (TPSA) is 41.1 Å². The van der Waals surface area contributed by atoms with E-state index in [9.17, 15) is 0 Å². The molecule has 5 heteroatoms. The third-order valence-corrected chi connectivity index (χ3v) is 4.57. The third kappa shape index (κ3) is 4.14. The van der Waals surface area contributed by atoms with Gasteiger partial charge in [-0.2, -0.15) is 0 Å². The summed E-state index contributed by atoms with van der Waals surface area (Å²) in [6.07, 6.45) is 3.51. The molecule has 2 rings (SSSR count). The summed E-state index contributed by atoms with van der Waals surface area (Å²) < 4.78 is 0. The number of thiophene rings is 1. The van der Waals surface area contributed by atoms with Crippen molar-refractivity contribution in [3.05, 3.63) is 17.3 Å². The molecule has 2 aromatic heterocycles. The summed E-state index contributed by atoms with van der Waals surface area (Å²) in [6, 6.07) is 2.66. The Kier molecular flexibility index (Phi) is 5.94. The molecule has 0 aliphatic carbocycles. The standard InChI is InChI=1S/C16H26N4S/c1-5-7-12(3)20(4)11-14-18-15(17-9-6-2)13-8-10-21-16(13)19-14/h8,10,12H,5-7,9,11H2,1-4H3,(H,17,18,19). The molecule has 0 aliphatic heterocycles. The third-order valence-electron chi connectivity index (χ3n) is 3.76. The summed E-state index contributed by atoms with van der Waals surface area (Å²) in [5, 5.41) is 6.66. The molecule has 0 radical (unpaired) electrons. The number of rotatable bonds is 8. The highest BCUT2D eigenvalue weighted by molar-refractivity contribution is 7.16. The van der Waals surface area contributed by atoms with Crippen molar-refractivity contribution in [3.63, 3.8) is 0 Å². The van der Waals surface area contributed by atoms with Crippen molar-refractivity contribution >= 4 is 27.4 Å². The molecule has 1 N–H and O–H groups in total. The molecule has 1 atom stereocenters. The fourth-order valence-electron chi connectivity index (χ4n) is 2.37. The smallest absolute Gasteiger partial charge is 0.146 e. The molecular formula is C16H26N4S. The van der Waals surface area contributed by atoms with E-state index in [1.807, 2.05) is 0 Å². The van der Waals surface area contributed by atoms with E-state index in [1.54, 1.807) is 11.3 Å². The van der Waals surface area contributed by atoms with Crippen molar-refractivity contribution in [2.24, 2.45) is 0 Å². The first-order valence-electron chi connectivity index (χ1n) is 7.83. The second kappa shape index (κ2) is 7.71. The van der Waals surface area contributed by atoms with E-state index >= 15 is 0 Å². The zero-order valence-electron chi connectivity index (χ0n) is 13.5. The Labute approximate surface area is 131 Å². The first-order valence-corrected chi connectivity index (χ1v) is 8.71. The lowest BCUT2D eigenvalue weighted by Crippen LogP contribution is -2.29. The van der Waals surface area contributed by atoms with Crippen molar-refractivity contribution in [2.45, 2.75) is 52.6 Å². The Morgan fingerprint density at radius 2 is 2.10 bits per heavy atom. The minimum Gasteiger partial charge on any atom is -0.369 e. The summed E-state index contributed by atoms with van der Waals surface area (Å²) >= 11 is 1.69. The molecule has 0 bridgehead atoms. The van der Waals surface area contributed by atoms with Crippen molar-refractivity contribution in [2.75, 3.05) is 18.9 Å². The molecule has 0 spiro atoms. The first-order chi connectivity index (χ1) is 10.2. The van der Waals surface area contributed by atoms with Gasteiger partial charge in [-0.1, -0.05) is 20.3 Å². The average Bonchev–Trinajstić information content (AvgIpc) is 2.93. The normalized spacial score (nSPS) is 13.0. The van der Waals surface area contributed by atoms with Gasteiger partial charge in [0.1, 0.15) is 16.5 Å².